The summed E-state index contributed by atoms with van der Waals surface area (Å²) in [5.41, 5.74) is 0.512. The third-order valence-electron chi connectivity index (χ3n) is 3.01. The van der Waals surface area contributed by atoms with Crippen LogP contribution in [0.3, 0.4) is 0 Å². The fourth-order valence-electron chi connectivity index (χ4n) is 2.23. The first-order chi connectivity index (χ1) is 9.80. The fraction of sp³-hybridized carbons (Fsp3) is 0.333. The minimum Gasteiger partial charge on any atom is -0.311 e. The number of halogens is 2. The van der Waals surface area contributed by atoms with Gasteiger partial charge in [0.25, 0.3) is 0 Å². The summed E-state index contributed by atoms with van der Waals surface area (Å²) < 4.78 is 22.2. The summed E-state index contributed by atoms with van der Waals surface area (Å²) in [5.74, 6) is -0.774. The molecule has 1 aliphatic heterocycles. The van der Waals surface area contributed by atoms with Gasteiger partial charge in [-0.2, -0.15) is 5.26 Å². The standard InChI is InChI=1S/C12H10Cl2N2O3S2/c13-10-4-9(20-7-15)1-2-11(10)16-5-8(3-12(16)17)6-21(14,18)19/h1-2,4,8H,3,5-6H2. The number of carbonyl (C=O) groups is 1. The van der Waals surface area contributed by atoms with Gasteiger partial charge in [0.05, 0.1) is 16.5 Å². The Labute approximate surface area is 136 Å². The van der Waals surface area contributed by atoms with Gasteiger partial charge in [0.1, 0.15) is 5.40 Å². The molecule has 1 aromatic carbocycles. The quantitative estimate of drug-likeness (QED) is 0.466. The maximum Gasteiger partial charge on any atom is 0.232 e. The monoisotopic (exact) mass is 364 g/mol. The molecule has 112 valence electrons. The Balaban J connectivity index is 2.19. The molecule has 0 aliphatic carbocycles. The topological polar surface area (TPSA) is 78.2 Å². The minimum atomic E-state index is -3.64. The van der Waals surface area contributed by atoms with E-state index in [4.69, 9.17) is 27.5 Å². The number of nitriles is 1. The molecule has 21 heavy (non-hydrogen) atoms. The molecule has 1 aliphatic rings. The molecule has 9 heteroatoms. The number of carbonyl (C=O) groups excluding carboxylic acids is 1. The van der Waals surface area contributed by atoms with Crippen LogP contribution in [0.4, 0.5) is 5.69 Å². The highest BCUT2D eigenvalue weighted by Crippen LogP contribution is 2.34. The van der Waals surface area contributed by atoms with Crippen molar-refractivity contribution in [2.45, 2.75) is 11.3 Å². The number of amides is 1. The van der Waals surface area contributed by atoms with Crippen molar-refractivity contribution in [3.63, 3.8) is 0 Å². The van der Waals surface area contributed by atoms with E-state index in [0.717, 1.165) is 11.8 Å². The molecule has 0 bridgehead atoms. The highest BCUT2D eigenvalue weighted by atomic mass is 35.7. The Morgan fingerprint density at radius 3 is 2.76 bits per heavy atom. The summed E-state index contributed by atoms with van der Waals surface area (Å²) in [6, 6.07) is 4.94. The molecular weight excluding hydrogens is 355 g/mol. The predicted octanol–water partition coefficient (Wildman–Crippen LogP) is 2.83. The summed E-state index contributed by atoms with van der Waals surface area (Å²) in [5, 5.41) is 10.9. The molecule has 1 aromatic rings. The predicted molar refractivity (Wildman–Crippen MR) is 83.0 cm³/mol. The Hall–Kier alpha value is -0.940. The molecule has 1 atom stereocenters. The molecular formula is C12H10Cl2N2O3S2. The van der Waals surface area contributed by atoms with Gasteiger partial charge in [0.2, 0.25) is 15.0 Å². The van der Waals surface area contributed by atoms with E-state index >= 15 is 0 Å². The molecule has 2 rings (SSSR count). The second kappa shape index (κ2) is 6.44. The minimum absolute atomic E-state index is 0.122. The number of nitrogens with zero attached hydrogens (tertiary/aromatic N) is 2. The van der Waals surface area contributed by atoms with Gasteiger partial charge in [0.15, 0.2) is 0 Å². The molecule has 0 saturated carbocycles. The molecule has 0 spiro atoms. The van der Waals surface area contributed by atoms with Crippen LogP contribution in [0.1, 0.15) is 6.42 Å². The average Bonchev–Trinajstić information content (AvgIpc) is 2.68. The van der Waals surface area contributed by atoms with E-state index in [1.54, 1.807) is 18.2 Å². The van der Waals surface area contributed by atoms with Crippen LogP contribution >= 0.6 is 34.0 Å². The van der Waals surface area contributed by atoms with Crippen molar-refractivity contribution in [1.82, 2.24) is 0 Å². The van der Waals surface area contributed by atoms with E-state index in [2.05, 4.69) is 0 Å². The van der Waals surface area contributed by atoms with E-state index in [0.29, 0.717) is 15.6 Å². The molecule has 1 saturated heterocycles. The van der Waals surface area contributed by atoms with Crippen LogP contribution in [0.5, 0.6) is 0 Å². The summed E-state index contributed by atoms with van der Waals surface area (Å²) in [6.07, 6.45) is 0.122. The Morgan fingerprint density at radius 2 is 2.19 bits per heavy atom. The number of benzene rings is 1. The van der Waals surface area contributed by atoms with E-state index in [1.807, 2.05) is 5.40 Å². The normalized spacial score (nSPS) is 18.8. The maximum absolute atomic E-state index is 12.0. The van der Waals surface area contributed by atoms with Gasteiger partial charge in [0, 0.05) is 34.5 Å². The van der Waals surface area contributed by atoms with Gasteiger partial charge in [-0.25, -0.2) is 8.42 Å². The van der Waals surface area contributed by atoms with E-state index in [-0.39, 0.29) is 30.5 Å². The molecule has 5 nitrogen and oxygen atoms in total. The lowest BCUT2D eigenvalue weighted by Gasteiger charge is -2.18. The zero-order chi connectivity index (χ0) is 15.6. The van der Waals surface area contributed by atoms with Crippen molar-refractivity contribution in [2.75, 3.05) is 17.2 Å². The van der Waals surface area contributed by atoms with Crippen molar-refractivity contribution in [3.8, 4) is 5.40 Å². The average molecular weight is 365 g/mol. The molecule has 1 fully saturated rings. The lowest BCUT2D eigenvalue weighted by molar-refractivity contribution is -0.117. The number of hydrogen-bond acceptors (Lipinski definition) is 5. The summed E-state index contributed by atoms with van der Waals surface area (Å²) in [7, 11) is 1.58. The van der Waals surface area contributed by atoms with Crippen LogP contribution in [0, 0.1) is 16.6 Å². The summed E-state index contributed by atoms with van der Waals surface area (Å²) in [6.45, 7) is 0.259. The van der Waals surface area contributed by atoms with Crippen molar-refractivity contribution < 1.29 is 13.2 Å². The molecule has 0 radical (unpaired) electrons. The number of thiocyanates is 1. The maximum atomic E-state index is 12.0. The lowest BCUT2D eigenvalue weighted by atomic mass is 10.1. The van der Waals surface area contributed by atoms with Crippen LogP contribution in [0.15, 0.2) is 23.1 Å². The fourth-order valence-corrected chi connectivity index (χ4v) is 4.32. The largest absolute Gasteiger partial charge is 0.311 e. The smallest absolute Gasteiger partial charge is 0.232 e. The van der Waals surface area contributed by atoms with E-state index in [9.17, 15) is 13.2 Å². The molecule has 1 heterocycles. The Bertz CT molecular complexity index is 716. The Kier molecular flexibility index (Phi) is 5.04. The van der Waals surface area contributed by atoms with Crippen molar-refractivity contribution in [1.29, 1.82) is 5.26 Å². The first kappa shape index (κ1) is 16.4. The van der Waals surface area contributed by atoms with Gasteiger partial charge >= 0.3 is 0 Å². The van der Waals surface area contributed by atoms with Gasteiger partial charge < -0.3 is 4.90 Å². The van der Waals surface area contributed by atoms with Gasteiger partial charge in [-0.3, -0.25) is 4.79 Å². The molecule has 0 aromatic heterocycles. The highest BCUT2D eigenvalue weighted by Gasteiger charge is 2.34. The van der Waals surface area contributed by atoms with E-state index < -0.39 is 9.05 Å². The number of anilines is 1. The second-order valence-corrected chi connectivity index (χ2v) is 8.67. The van der Waals surface area contributed by atoms with E-state index in [1.165, 1.54) is 4.90 Å². The lowest BCUT2D eigenvalue weighted by Crippen LogP contribution is -2.25. The Morgan fingerprint density at radius 1 is 1.48 bits per heavy atom. The zero-order valence-corrected chi connectivity index (χ0v) is 13.8. The molecule has 1 unspecified atom stereocenters. The van der Waals surface area contributed by atoms with Crippen LogP contribution in [0.2, 0.25) is 5.02 Å². The first-order valence-electron chi connectivity index (χ1n) is 5.88. The highest BCUT2D eigenvalue weighted by molar-refractivity contribution is 8.13. The number of hydrogen-bond donors (Lipinski definition) is 0. The van der Waals surface area contributed by atoms with Crippen molar-refractivity contribution in [2.24, 2.45) is 5.92 Å². The SMILES string of the molecule is N#CSc1ccc(N2CC(CS(=O)(=O)Cl)CC2=O)c(Cl)c1. The van der Waals surface area contributed by atoms with Crippen LogP contribution in [-0.2, 0) is 13.8 Å². The summed E-state index contributed by atoms with van der Waals surface area (Å²) >= 11 is 7.10. The van der Waals surface area contributed by atoms with Crippen LogP contribution in [-0.4, -0.2) is 26.6 Å². The van der Waals surface area contributed by atoms with Crippen molar-refractivity contribution >= 4 is 54.7 Å². The third-order valence-corrected chi connectivity index (χ3v) is 5.14. The van der Waals surface area contributed by atoms with Crippen molar-refractivity contribution in [3.05, 3.63) is 23.2 Å². The summed E-state index contributed by atoms with van der Waals surface area (Å²) in [4.78, 5) is 14.1. The van der Waals surface area contributed by atoms with Crippen LogP contribution < -0.4 is 4.90 Å². The first-order valence-corrected chi connectivity index (χ1v) is 9.55. The zero-order valence-electron chi connectivity index (χ0n) is 10.6. The molecule has 0 N–H and O–H groups in total. The van der Waals surface area contributed by atoms with Gasteiger partial charge in [-0.05, 0) is 30.0 Å². The molecule has 1 amide bonds. The number of rotatable bonds is 4. The van der Waals surface area contributed by atoms with Gasteiger partial charge in [-0.1, -0.05) is 11.6 Å². The third kappa shape index (κ3) is 4.27. The van der Waals surface area contributed by atoms with Crippen LogP contribution in [0.25, 0.3) is 0 Å². The number of thioether (sulfide) groups is 1. The second-order valence-electron chi connectivity index (χ2n) is 4.59. The van der Waals surface area contributed by atoms with Gasteiger partial charge in [-0.15, -0.1) is 0 Å².